The summed E-state index contributed by atoms with van der Waals surface area (Å²) in [7, 11) is 0. The van der Waals surface area contributed by atoms with Crippen LogP contribution in [0.3, 0.4) is 0 Å². The molecule has 1 saturated heterocycles. The minimum Gasteiger partial charge on any atom is -0.452 e. The van der Waals surface area contributed by atoms with Crippen LogP contribution in [-0.2, 0) is 25.6 Å². The summed E-state index contributed by atoms with van der Waals surface area (Å²) in [5.41, 5.74) is 1.53. The number of hydrogen-bond donors (Lipinski definition) is 1. The average molecular weight is 462 g/mol. The van der Waals surface area contributed by atoms with E-state index < -0.39 is 42.6 Å². The molecule has 1 fully saturated rings. The molecule has 0 amide bonds. The fourth-order valence-electron chi connectivity index (χ4n) is 3.76. The summed E-state index contributed by atoms with van der Waals surface area (Å²) in [5.74, 6) is -1.22. The summed E-state index contributed by atoms with van der Waals surface area (Å²) in [5, 5.41) is 10.7. The number of carbonyl (C=O) groups excluding carboxylic acids is 2. The van der Waals surface area contributed by atoms with Crippen LogP contribution in [0.25, 0.3) is 0 Å². The summed E-state index contributed by atoms with van der Waals surface area (Å²) in [6.07, 6.45) is -5.35. The zero-order valence-corrected chi connectivity index (χ0v) is 18.7. The number of rotatable bonds is 7. The van der Waals surface area contributed by atoms with Crippen LogP contribution in [-0.4, -0.2) is 47.8 Å². The van der Waals surface area contributed by atoms with E-state index in [1.165, 1.54) is 0 Å². The van der Waals surface area contributed by atoms with Gasteiger partial charge in [-0.15, -0.1) is 0 Å². The molecule has 0 spiro atoms. The number of aliphatic hydroxyl groups is 1. The molecular weight excluding hydrogens is 436 g/mol. The SMILES string of the molecule is C[C@@H]1OC(O)[C@@H](OCc2ccccc2)[C@H](OC(=O)c2ccccc2)[C@@H]1OC(=O)c1ccccc1. The van der Waals surface area contributed by atoms with Gasteiger partial charge in [0.2, 0.25) is 0 Å². The molecule has 1 N–H and O–H groups in total. The van der Waals surface area contributed by atoms with Gasteiger partial charge in [0.1, 0.15) is 6.10 Å². The van der Waals surface area contributed by atoms with Crippen LogP contribution < -0.4 is 0 Å². The summed E-state index contributed by atoms with van der Waals surface area (Å²) >= 11 is 0. The summed E-state index contributed by atoms with van der Waals surface area (Å²) in [6.45, 7) is 1.78. The molecule has 0 saturated carbocycles. The summed E-state index contributed by atoms with van der Waals surface area (Å²) < 4.78 is 23.1. The highest BCUT2D eigenvalue weighted by Gasteiger charge is 2.49. The highest BCUT2D eigenvalue weighted by molar-refractivity contribution is 5.90. The molecular formula is C27H26O7. The lowest BCUT2D eigenvalue weighted by atomic mass is 9.98. The number of benzene rings is 3. The second-order valence-corrected chi connectivity index (χ2v) is 7.96. The first-order chi connectivity index (χ1) is 16.5. The van der Waals surface area contributed by atoms with E-state index in [-0.39, 0.29) is 6.61 Å². The molecule has 3 aromatic carbocycles. The van der Waals surface area contributed by atoms with Gasteiger partial charge in [-0.2, -0.15) is 0 Å². The third-order valence-corrected chi connectivity index (χ3v) is 5.54. The van der Waals surface area contributed by atoms with Crippen molar-refractivity contribution in [1.29, 1.82) is 0 Å². The number of hydrogen-bond acceptors (Lipinski definition) is 7. The normalized spacial score (nSPS) is 24.2. The fourth-order valence-corrected chi connectivity index (χ4v) is 3.76. The quantitative estimate of drug-likeness (QED) is 0.535. The minimum absolute atomic E-state index is 0.138. The van der Waals surface area contributed by atoms with E-state index in [0.29, 0.717) is 11.1 Å². The van der Waals surface area contributed by atoms with Crippen LogP contribution in [0, 0.1) is 0 Å². The van der Waals surface area contributed by atoms with Gasteiger partial charge in [-0.3, -0.25) is 0 Å². The van der Waals surface area contributed by atoms with E-state index in [9.17, 15) is 14.7 Å². The van der Waals surface area contributed by atoms with Crippen LogP contribution in [0.1, 0.15) is 33.2 Å². The van der Waals surface area contributed by atoms with E-state index in [1.54, 1.807) is 67.6 Å². The molecule has 4 rings (SSSR count). The molecule has 7 heteroatoms. The van der Waals surface area contributed by atoms with E-state index >= 15 is 0 Å². The van der Waals surface area contributed by atoms with Crippen molar-refractivity contribution in [3.05, 3.63) is 108 Å². The molecule has 1 aliphatic rings. The molecule has 1 unspecified atom stereocenters. The zero-order valence-electron chi connectivity index (χ0n) is 18.7. The van der Waals surface area contributed by atoms with Crippen molar-refractivity contribution in [2.24, 2.45) is 0 Å². The molecule has 0 bridgehead atoms. The molecule has 5 atom stereocenters. The maximum Gasteiger partial charge on any atom is 0.338 e. The van der Waals surface area contributed by atoms with Crippen molar-refractivity contribution in [3.8, 4) is 0 Å². The fraction of sp³-hybridized carbons (Fsp3) is 0.259. The Balaban J connectivity index is 1.59. The molecule has 0 aromatic heterocycles. The Bertz CT molecular complexity index is 1070. The Morgan fingerprint density at radius 1 is 0.735 bits per heavy atom. The number of carbonyl (C=O) groups is 2. The standard InChI is InChI=1S/C27H26O7/c1-18-22(33-25(28)20-13-7-3-8-14-20)23(34-26(29)21-15-9-4-10-16-21)24(27(30)32-18)31-17-19-11-5-2-6-12-19/h2-16,18,22-24,27,30H,17H2,1H3/t18-,22+,23+,24-,27?/m0/s1. The van der Waals surface area contributed by atoms with E-state index in [2.05, 4.69) is 0 Å². The van der Waals surface area contributed by atoms with Gasteiger partial charge >= 0.3 is 11.9 Å². The maximum absolute atomic E-state index is 12.9. The van der Waals surface area contributed by atoms with E-state index in [4.69, 9.17) is 18.9 Å². The van der Waals surface area contributed by atoms with Crippen molar-refractivity contribution in [3.63, 3.8) is 0 Å². The van der Waals surface area contributed by atoms with Crippen LogP contribution in [0.5, 0.6) is 0 Å². The number of ether oxygens (including phenoxy) is 4. The van der Waals surface area contributed by atoms with Gasteiger partial charge in [-0.1, -0.05) is 66.7 Å². The van der Waals surface area contributed by atoms with Gasteiger partial charge in [0.05, 0.1) is 23.8 Å². The predicted molar refractivity (Wildman–Crippen MR) is 123 cm³/mol. The number of aliphatic hydroxyl groups excluding tert-OH is 1. The highest BCUT2D eigenvalue weighted by Crippen LogP contribution is 2.29. The van der Waals surface area contributed by atoms with Crippen LogP contribution >= 0.6 is 0 Å². The molecule has 1 aliphatic heterocycles. The number of esters is 2. The first-order valence-corrected chi connectivity index (χ1v) is 11.0. The monoisotopic (exact) mass is 462 g/mol. The van der Waals surface area contributed by atoms with Crippen LogP contribution in [0.2, 0.25) is 0 Å². The zero-order chi connectivity index (χ0) is 23.9. The third kappa shape index (κ3) is 5.69. The minimum atomic E-state index is -1.39. The molecule has 176 valence electrons. The summed E-state index contributed by atoms with van der Waals surface area (Å²) in [4.78, 5) is 25.7. The van der Waals surface area contributed by atoms with E-state index in [1.807, 2.05) is 30.3 Å². The average Bonchev–Trinajstić information content (AvgIpc) is 2.87. The van der Waals surface area contributed by atoms with Gasteiger partial charge < -0.3 is 24.1 Å². The smallest absolute Gasteiger partial charge is 0.338 e. The predicted octanol–water partition coefficient (Wildman–Crippen LogP) is 3.76. The molecule has 34 heavy (non-hydrogen) atoms. The Morgan fingerprint density at radius 3 is 1.74 bits per heavy atom. The van der Waals surface area contributed by atoms with Crippen molar-refractivity contribution < 1.29 is 33.6 Å². The Labute approximate surface area is 197 Å². The lowest BCUT2D eigenvalue weighted by molar-refractivity contribution is -0.289. The van der Waals surface area contributed by atoms with Crippen LogP contribution in [0.15, 0.2) is 91.0 Å². The van der Waals surface area contributed by atoms with Crippen molar-refractivity contribution in [1.82, 2.24) is 0 Å². The second kappa shape index (κ2) is 11.1. The first kappa shape index (κ1) is 23.6. The summed E-state index contributed by atoms with van der Waals surface area (Å²) in [6, 6.07) is 26.3. The molecule has 0 radical (unpaired) electrons. The van der Waals surface area contributed by atoms with Gasteiger partial charge in [-0.05, 0) is 36.8 Å². The highest BCUT2D eigenvalue weighted by atomic mass is 16.7. The second-order valence-electron chi connectivity index (χ2n) is 7.96. The van der Waals surface area contributed by atoms with Crippen LogP contribution in [0.4, 0.5) is 0 Å². The Morgan fingerprint density at radius 2 is 1.21 bits per heavy atom. The van der Waals surface area contributed by atoms with Gasteiger partial charge in [0, 0.05) is 0 Å². The van der Waals surface area contributed by atoms with Crippen molar-refractivity contribution >= 4 is 11.9 Å². The Hall–Kier alpha value is -3.52. The molecule has 7 nitrogen and oxygen atoms in total. The third-order valence-electron chi connectivity index (χ3n) is 5.54. The lowest BCUT2D eigenvalue weighted by Gasteiger charge is -2.42. The van der Waals surface area contributed by atoms with Gasteiger partial charge in [-0.25, -0.2) is 9.59 Å². The first-order valence-electron chi connectivity index (χ1n) is 11.0. The van der Waals surface area contributed by atoms with Crippen molar-refractivity contribution in [2.75, 3.05) is 0 Å². The van der Waals surface area contributed by atoms with E-state index in [0.717, 1.165) is 5.56 Å². The van der Waals surface area contributed by atoms with Gasteiger partial charge in [0.15, 0.2) is 18.5 Å². The lowest BCUT2D eigenvalue weighted by Crippen LogP contribution is -2.60. The largest absolute Gasteiger partial charge is 0.452 e. The van der Waals surface area contributed by atoms with Gasteiger partial charge in [0.25, 0.3) is 0 Å². The van der Waals surface area contributed by atoms with Crippen molar-refractivity contribution in [2.45, 2.75) is 44.2 Å². The maximum atomic E-state index is 12.9. The topological polar surface area (TPSA) is 91.3 Å². The molecule has 1 heterocycles. The molecule has 3 aromatic rings. The Kier molecular flexibility index (Phi) is 7.69. The molecule has 0 aliphatic carbocycles.